The van der Waals surface area contributed by atoms with E-state index in [1.807, 2.05) is 18.2 Å². The van der Waals surface area contributed by atoms with Crippen LogP contribution in [0.4, 0.5) is 5.69 Å². The van der Waals surface area contributed by atoms with Gasteiger partial charge < -0.3 is 14.8 Å². The molecule has 0 saturated heterocycles. The lowest BCUT2D eigenvalue weighted by Crippen LogP contribution is -2.18. The molecule has 22 heavy (non-hydrogen) atoms. The van der Waals surface area contributed by atoms with E-state index in [4.69, 9.17) is 9.47 Å². The Morgan fingerprint density at radius 2 is 1.95 bits per heavy atom. The molecule has 1 N–H and O–H groups in total. The topological polar surface area (TPSA) is 47.6 Å². The Kier molecular flexibility index (Phi) is 4.40. The average molecular weight is 427 g/mol. The van der Waals surface area contributed by atoms with Gasteiger partial charge in [0.15, 0.2) is 11.5 Å². The first-order valence-corrected chi connectivity index (χ1v) is 8.29. The van der Waals surface area contributed by atoms with Crippen LogP contribution in [-0.2, 0) is 0 Å². The van der Waals surface area contributed by atoms with Crippen molar-refractivity contribution in [2.45, 2.75) is 6.42 Å². The van der Waals surface area contributed by atoms with Gasteiger partial charge in [-0.1, -0.05) is 15.9 Å². The van der Waals surface area contributed by atoms with Crippen LogP contribution < -0.4 is 14.8 Å². The number of hydrogen-bond donors (Lipinski definition) is 1. The third kappa shape index (κ3) is 2.98. The maximum Gasteiger partial charge on any atom is 0.166 e. The number of hydrogen-bond acceptors (Lipinski definition) is 4. The van der Waals surface area contributed by atoms with E-state index < -0.39 is 0 Å². The van der Waals surface area contributed by atoms with Crippen LogP contribution in [0, 0.1) is 0 Å². The molecular formula is C16H13Br2NO3. The van der Waals surface area contributed by atoms with Crippen molar-refractivity contribution < 1.29 is 14.3 Å². The monoisotopic (exact) mass is 425 g/mol. The van der Waals surface area contributed by atoms with Crippen molar-refractivity contribution >= 4 is 43.3 Å². The fourth-order valence-corrected chi connectivity index (χ4v) is 3.43. The van der Waals surface area contributed by atoms with Gasteiger partial charge in [-0.2, -0.15) is 0 Å². The van der Waals surface area contributed by atoms with Crippen LogP contribution in [0.5, 0.6) is 17.2 Å². The molecule has 0 amide bonds. The summed E-state index contributed by atoms with van der Waals surface area (Å²) in [6.45, 7) is 0.607. The first kappa shape index (κ1) is 15.4. The van der Waals surface area contributed by atoms with Crippen molar-refractivity contribution in [1.82, 2.24) is 0 Å². The average Bonchev–Trinajstić information content (AvgIpc) is 2.50. The van der Waals surface area contributed by atoms with Gasteiger partial charge in [-0.15, -0.1) is 0 Å². The lowest BCUT2D eigenvalue weighted by Gasteiger charge is -2.21. The Labute approximate surface area is 145 Å². The largest absolute Gasteiger partial charge is 0.497 e. The zero-order valence-electron chi connectivity index (χ0n) is 11.8. The van der Waals surface area contributed by atoms with Gasteiger partial charge in [0, 0.05) is 29.1 Å². The van der Waals surface area contributed by atoms with E-state index >= 15 is 0 Å². The van der Waals surface area contributed by atoms with E-state index in [0.717, 1.165) is 8.95 Å². The number of halogens is 2. The summed E-state index contributed by atoms with van der Waals surface area (Å²) in [6, 6.07) is 9.17. The second kappa shape index (κ2) is 6.30. The van der Waals surface area contributed by atoms with Crippen molar-refractivity contribution in [1.29, 1.82) is 0 Å². The minimum absolute atomic E-state index is 0.0902. The van der Waals surface area contributed by atoms with Gasteiger partial charge in [0.05, 0.1) is 17.3 Å². The lowest BCUT2D eigenvalue weighted by atomic mass is 10.0. The molecule has 0 aromatic heterocycles. The molecule has 0 radical (unpaired) electrons. The number of benzene rings is 2. The van der Waals surface area contributed by atoms with Gasteiger partial charge in [0.2, 0.25) is 0 Å². The number of ketones is 1. The zero-order chi connectivity index (χ0) is 15.7. The van der Waals surface area contributed by atoms with Crippen molar-refractivity contribution in [3.8, 4) is 17.2 Å². The minimum Gasteiger partial charge on any atom is -0.497 e. The molecule has 0 saturated carbocycles. The summed E-state index contributed by atoms with van der Waals surface area (Å²) in [5.41, 5.74) is 1.32. The second-order valence-corrected chi connectivity index (χ2v) is 6.59. The summed E-state index contributed by atoms with van der Waals surface area (Å²) in [7, 11) is 1.57. The Morgan fingerprint density at radius 3 is 2.68 bits per heavy atom. The molecule has 1 heterocycles. The maximum atomic E-state index is 12.1. The molecule has 2 aromatic rings. The van der Waals surface area contributed by atoms with Crippen LogP contribution in [0.25, 0.3) is 0 Å². The molecule has 0 unspecified atom stereocenters. The first-order valence-electron chi connectivity index (χ1n) is 6.70. The van der Waals surface area contributed by atoms with Crippen molar-refractivity contribution in [3.05, 3.63) is 44.8 Å². The Hall–Kier alpha value is -1.53. The predicted octanol–water partition coefficient (Wildman–Crippen LogP) is 5.01. The van der Waals surface area contributed by atoms with Gasteiger partial charge in [-0.25, -0.2) is 0 Å². The van der Waals surface area contributed by atoms with Gasteiger partial charge in [-0.05, 0) is 40.2 Å². The summed E-state index contributed by atoms with van der Waals surface area (Å²) >= 11 is 6.88. The number of fused-ring (bicyclic) bond motifs is 1. The third-order valence-electron chi connectivity index (χ3n) is 3.38. The van der Waals surface area contributed by atoms with Gasteiger partial charge in [0.1, 0.15) is 11.5 Å². The standard InChI is InChI=1S/C16H13Br2NO3/c1-21-10-7-11-13(20)4-5-19-16(11)15(8-10)22-14-3-2-9(17)6-12(14)18/h2-3,6-8,19H,4-5H2,1H3. The first-order chi connectivity index (χ1) is 10.6. The molecule has 0 aliphatic carbocycles. The summed E-state index contributed by atoms with van der Waals surface area (Å²) in [5.74, 6) is 1.93. The molecule has 1 aliphatic rings. The van der Waals surface area contributed by atoms with Crippen LogP contribution in [-0.4, -0.2) is 19.4 Å². The summed E-state index contributed by atoms with van der Waals surface area (Å²) < 4.78 is 13.0. The summed E-state index contributed by atoms with van der Waals surface area (Å²) in [5, 5.41) is 3.24. The van der Waals surface area contributed by atoms with Gasteiger partial charge in [-0.3, -0.25) is 4.79 Å². The SMILES string of the molecule is COc1cc(Oc2ccc(Br)cc2Br)c2c(c1)C(=O)CCN2. The maximum absolute atomic E-state index is 12.1. The molecule has 4 nitrogen and oxygen atoms in total. The van der Waals surface area contributed by atoms with Crippen LogP contribution in [0.3, 0.4) is 0 Å². The minimum atomic E-state index is 0.0902. The number of carbonyl (C=O) groups excluding carboxylic acids is 1. The fraction of sp³-hybridized carbons (Fsp3) is 0.188. The quantitative estimate of drug-likeness (QED) is 0.749. The number of Topliss-reactive ketones (excluding diaryl/α,β-unsaturated/α-hetero) is 1. The highest BCUT2D eigenvalue weighted by atomic mass is 79.9. The molecule has 0 fully saturated rings. The molecule has 2 aromatic carbocycles. The number of methoxy groups -OCH3 is 1. The molecule has 0 atom stereocenters. The smallest absolute Gasteiger partial charge is 0.166 e. The van der Waals surface area contributed by atoms with E-state index in [-0.39, 0.29) is 5.78 Å². The summed E-state index contributed by atoms with van der Waals surface area (Å²) in [6.07, 6.45) is 0.474. The normalized spacial score (nSPS) is 13.3. The van der Waals surface area contributed by atoms with Crippen molar-refractivity contribution in [2.24, 2.45) is 0 Å². The van der Waals surface area contributed by atoms with E-state index in [1.165, 1.54) is 0 Å². The van der Waals surface area contributed by atoms with Gasteiger partial charge >= 0.3 is 0 Å². The van der Waals surface area contributed by atoms with E-state index in [1.54, 1.807) is 19.2 Å². The van der Waals surface area contributed by atoms with Crippen LogP contribution in [0.2, 0.25) is 0 Å². The van der Waals surface area contributed by atoms with Crippen molar-refractivity contribution in [2.75, 3.05) is 19.0 Å². The highest BCUT2D eigenvalue weighted by Gasteiger charge is 2.22. The third-order valence-corrected chi connectivity index (χ3v) is 4.49. The number of anilines is 1. The highest BCUT2D eigenvalue weighted by Crippen LogP contribution is 2.41. The number of carbonyl (C=O) groups is 1. The van der Waals surface area contributed by atoms with Gasteiger partial charge in [0.25, 0.3) is 0 Å². The number of ether oxygens (including phenoxy) is 2. The van der Waals surface area contributed by atoms with E-state index in [2.05, 4.69) is 37.2 Å². The lowest BCUT2D eigenvalue weighted by molar-refractivity contribution is 0.0983. The zero-order valence-corrected chi connectivity index (χ0v) is 15.0. The second-order valence-electron chi connectivity index (χ2n) is 4.82. The molecule has 1 aliphatic heterocycles. The summed E-state index contributed by atoms with van der Waals surface area (Å²) in [4.78, 5) is 12.1. The van der Waals surface area contributed by atoms with Crippen molar-refractivity contribution in [3.63, 3.8) is 0 Å². The fourth-order valence-electron chi connectivity index (χ4n) is 2.30. The predicted molar refractivity (Wildman–Crippen MR) is 92.3 cm³/mol. The Bertz CT molecular complexity index is 746. The highest BCUT2D eigenvalue weighted by molar-refractivity contribution is 9.11. The molecule has 3 rings (SSSR count). The molecule has 6 heteroatoms. The number of rotatable bonds is 3. The molecular weight excluding hydrogens is 414 g/mol. The number of nitrogens with one attached hydrogen (secondary N) is 1. The molecule has 114 valence electrons. The van der Waals surface area contributed by atoms with E-state index in [9.17, 15) is 4.79 Å². The molecule has 0 bridgehead atoms. The Morgan fingerprint density at radius 1 is 1.14 bits per heavy atom. The molecule has 0 spiro atoms. The van der Waals surface area contributed by atoms with Crippen LogP contribution >= 0.6 is 31.9 Å². The van der Waals surface area contributed by atoms with Crippen LogP contribution in [0.1, 0.15) is 16.8 Å². The van der Waals surface area contributed by atoms with Crippen LogP contribution in [0.15, 0.2) is 39.3 Å². The van der Waals surface area contributed by atoms with E-state index in [0.29, 0.717) is 41.5 Å². The Balaban J connectivity index is 2.06.